The minimum Gasteiger partial charge on any atom is -0.287 e. The van der Waals surface area contributed by atoms with Crippen molar-refractivity contribution in [2.45, 2.75) is 12.7 Å². The van der Waals surface area contributed by atoms with Crippen molar-refractivity contribution in [3.05, 3.63) is 47.0 Å². The number of halogens is 4. The Balaban J connectivity index is 2.24. The number of aromatic nitrogens is 3. The van der Waals surface area contributed by atoms with Crippen molar-refractivity contribution in [1.82, 2.24) is 14.8 Å². The second-order valence-electron chi connectivity index (χ2n) is 3.70. The lowest BCUT2D eigenvalue weighted by Gasteiger charge is -2.05. The third kappa shape index (κ3) is 3.31. The zero-order valence-corrected chi connectivity index (χ0v) is 10.1. The van der Waals surface area contributed by atoms with Crippen LogP contribution in [0.1, 0.15) is 16.1 Å². The molecule has 0 saturated heterocycles. The molecule has 0 aliphatic rings. The van der Waals surface area contributed by atoms with Crippen molar-refractivity contribution in [3.63, 3.8) is 0 Å². The van der Waals surface area contributed by atoms with Crippen LogP contribution < -0.4 is 0 Å². The first-order chi connectivity index (χ1) is 8.87. The maximum absolute atomic E-state index is 12.2. The van der Waals surface area contributed by atoms with Crippen LogP contribution in [0.5, 0.6) is 0 Å². The van der Waals surface area contributed by atoms with Gasteiger partial charge in [0.05, 0.1) is 5.02 Å². The summed E-state index contributed by atoms with van der Waals surface area (Å²) in [5.41, 5.74) is 0.0475. The average Bonchev–Trinajstić information content (AvgIpc) is 2.75. The summed E-state index contributed by atoms with van der Waals surface area (Å²) < 4.78 is 37.1. The molecular formula is C11H7ClF3N3O. The van der Waals surface area contributed by atoms with Crippen LogP contribution in [0.2, 0.25) is 5.02 Å². The summed E-state index contributed by atoms with van der Waals surface area (Å²) in [5, 5.41) is 3.70. The predicted octanol–water partition coefficient (Wildman–Crippen LogP) is 2.72. The van der Waals surface area contributed by atoms with Crippen LogP contribution in [-0.4, -0.2) is 26.7 Å². The molecule has 0 bridgehead atoms. The van der Waals surface area contributed by atoms with Crippen molar-refractivity contribution in [3.8, 4) is 0 Å². The van der Waals surface area contributed by atoms with Crippen molar-refractivity contribution in [2.24, 2.45) is 0 Å². The Morgan fingerprint density at radius 3 is 2.74 bits per heavy atom. The van der Waals surface area contributed by atoms with Gasteiger partial charge in [-0.1, -0.05) is 11.6 Å². The third-order valence-electron chi connectivity index (χ3n) is 2.23. The summed E-state index contributed by atoms with van der Waals surface area (Å²) in [5.74, 6) is -0.548. The Bertz CT molecular complexity index is 609. The molecule has 0 fully saturated rings. The van der Waals surface area contributed by atoms with Gasteiger partial charge in [-0.25, -0.2) is 0 Å². The van der Waals surface area contributed by atoms with E-state index in [1.807, 2.05) is 0 Å². The third-order valence-corrected chi connectivity index (χ3v) is 2.53. The van der Waals surface area contributed by atoms with E-state index in [2.05, 4.69) is 10.1 Å². The molecule has 0 radical (unpaired) electrons. The average molecular weight is 290 g/mol. The lowest BCUT2D eigenvalue weighted by molar-refractivity contribution is -0.142. The number of alkyl halides is 3. The Labute approximate surface area is 110 Å². The van der Waals surface area contributed by atoms with E-state index in [0.717, 1.165) is 6.20 Å². The Morgan fingerprint density at radius 1 is 1.37 bits per heavy atom. The first-order valence-corrected chi connectivity index (χ1v) is 5.49. The van der Waals surface area contributed by atoms with E-state index in [0.29, 0.717) is 4.68 Å². The molecule has 0 saturated carbocycles. The summed E-state index contributed by atoms with van der Waals surface area (Å²) in [6.07, 6.45) is -0.649. The Hall–Kier alpha value is -1.89. The molecule has 0 N–H and O–H groups in total. The van der Waals surface area contributed by atoms with Crippen LogP contribution >= 0.6 is 11.6 Å². The Kier molecular flexibility index (Phi) is 3.57. The van der Waals surface area contributed by atoms with Gasteiger partial charge in [-0.15, -0.1) is 0 Å². The molecule has 2 rings (SSSR count). The highest BCUT2D eigenvalue weighted by atomic mass is 35.5. The fraction of sp³-hybridized carbons (Fsp3) is 0.182. The highest BCUT2D eigenvalue weighted by Gasteiger charge is 2.28. The van der Waals surface area contributed by atoms with Gasteiger partial charge < -0.3 is 0 Å². The van der Waals surface area contributed by atoms with Gasteiger partial charge in [0, 0.05) is 24.2 Å². The van der Waals surface area contributed by atoms with Gasteiger partial charge in [-0.2, -0.15) is 18.3 Å². The topological polar surface area (TPSA) is 47.8 Å². The van der Waals surface area contributed by atoms with Crippen molar-refractivity contribution in [1.29, 1.82) is 0 Å². The predicted molar refractivity (Wildman–Crippen MR) is 61.0 cm³/mol. The number of pyridine rings is 1. The maximum atomic E-state index is 12.2. The Morgan fingerprint density at radius 2 is 2.11 bits per heavy atom. The molecule has 0 aliphatic heterocycles. The normalized spacial score (nSPS) is 11.6. The number of carbonyl (C=O) groups is 1. The number of nitrogens with zero attached hydrogens (tertiary/aromatic N) is 3. The maximum Gasteiger partial charge on any atom is 0.408 e. The molecule has 4 nitrogen and oxygen atoms in total. The molecule has 8 heteroatoms. The smallest absolute Gasteiger partial charge is 0.287 e. The molecule has 100 valence electrons. The number of hydrogen-bond donors (Lipinski definition) is 0. The van der Waals surface area contributed by atoms with E-state index < -0.39 is 18.5 Å². The molecule has 0 aliphatic carbocycles. The highest BCUT2D eigenvalue weighted by molar-refractivity contribution is 6.34. The van der Waals surface area contributed by atoms with Crippen LogP contribution in [0.15, 0.2) is 30.7 Å². The molecule has 0 spiro atoms. The summed E-state index contributed by atoms with van der Waals surface area (Å²) in [4.78, 5) is 15.7. The largest absolute Gasteiger partial charge is 0.408 e. The number of rotatable bonds is 3. The van der Waals surface area contributed by atoms with Crippen molar-refractivity contribution >= 4 is 17.4 Å². The fourth-order valence-electron chi connectivity index (χ4n) is 1.45. The van der Waals surface area contributed by atoms with Crippen LogP contribution in [0.3, 0.4) is 0 Å². The minimum absolute atomic E-state index is 0.0997. The minimum atomic E-state index is -4.39. The summed E-state index contributed by atoms with van der Waals surface area (Å²) in [6, 6.07) is 2.60. The van der Waals surface area contributed by atoms with E-state index in [9.17, 15) is 18.0 Å². The molecule has 2 aromatic rings. The van der Waals surface area contributed by atoms with Gasteiger partial charge in [0.2, 0.25) is 5.78 Å². The number of ketones is 1. The van der Waals surface area contributed by atoms with Crippen molar-refractivity contribution < 1.29 is 18.0 Å². The van der Waals surface area contributed by atoms with Gasteiger partial charge in [-0.3, -0.25) is 14.5 Å². The first-order valence-electron chi connectivity index (χ1n) is 5.11. The van der Waals surface area contributed by atoms with Gasteiger partial charge in [0.15, 0.2) is 0 Å². The van der Waals surface area contributed by atoms with E-state index in [4.69, 9.17) is 11.6 Å². The van der Waals surface area contributed by atoms with E-state index in [1.165, 1.54) is 24.5 Å². The van der Waals surface area contributed by atoms with Crippen LogP contribution in [0, 0.1) is 0 Å². The molecule has 0 unspecified atom stereocenters. The molecule has 2 heterocycles. The molecule has 0 atom stereocenters. The van der Waals surface area contributed by atoms with E-state index in [1.54, 1.807) is 0 Å². The van der Waals surface area contributed by atoms with Crippen molar-refractivity contribution in [2.75, 3.05) is 0 Å². The molecule has 2 aromatic heterocycles. The van der Waals surface area contributed by atoms with Crippen LogP contribution in [0.4, 0.5) is 13.2 Å². The summed E-state index contributed by atoms with van der Waals surface area (Å²) in [6.45, 7) is -1.25. The van der Waals surface area contributed by atoms with E-state index >= 15 is 0 Å². The molecule has 0 aromatic carbocycles. The molecular weight excluding hydrogens is 283 g/mol. The number of carbonyl (C=O) groups excluding carboxylic acids is 1. The first kappa shape index (κ1) is 13.5. The van der Waals surface area contributed by atoms with Crippen LogP contribution in [0.25, 0.3) is 0 Å². The standard InChI is InChI=1S/C11H7ClF3N3O/c12-8-5-16-3-1-7(8)10(19)9-2-4-18(17-9)6-11(13,14)15/h1-5H,6H2. The van der Waals surface area contributed by atoms with Gasteiger partial charge in [0.1, 0.15) is 12.2 Å². The fourth-order valence-corrected chi connectivity index (χ4v) is 1.66. The second-order valence-corrected chi connectivity index (χ2v) is 4.11. The van der Waals surface area contributed by atoms with Crippen LogP contribution in [-0.2, 0) is 6.54 Å². The second kappa shape index (κ2) is 5.00. The lowest BCUT2D eigenvalue weighted by atomic mass is 10.1. The van der Waals surface area contributed by atoms with Gasteiger partial charge in [-0.05, 0) is 12.1 Å². The number of hydrogen-bond acceptors (Lipinski definition) is 3. The molecule has 19 heavy (non-hydrogen) atoms. The highest BCUT2D eigenvalue weighted by Crippen LogP contribution is 2.19. The molecule has 0 amide bonds. The van der Waals surface area contributed by atoms with Gasteiger partial charge in [0.25, 0.3) is 0 Å². The monoisotopic (exact) mass is 289 g/mol. The summed E-state index contributed by atoms with van der Waals surface area (Å²) >= 11 is 5.78. The zero-order valence-electron chi connectivity index (χ0n) is 9.36. The zero-order chi connectivity index (χ0) is 14.0. The SMILES string of the molecule is O=C(c1ccn(CC(F)(F)F)n1)c1ccncc1Cl. The quantitative estimate of drug-likeness (QED) is 0.816. The van der Waals surface area contributed by atoms with E-state index in [-0.39, 0.29) is 16.3 Å². The van der Waals surface area contributed by atoms with Gasteiger partial charge >= 0.3 is 6.18 Å². The summed E-state index contributed by atoms with van der Waals surface area (Å²) in [7, 11) is 0. The lowest BCUT2D eigenvalue weighted by Crippen LogP contribution is -2.18.